The van der Waals surface area contributed by atoms with Crippen molar-refractivity contribution in [2.75, 3.05) is 18.0 Å². The van der Waals surface area contributed by atoms with Gasteiger partial charge in [0, 0.05) is 31.1 Å². The molecule has 2 N–H and O–H groups in total. The molecule has 0 unspecified atom stereocenters. The summed E-state index contributed by atoms with van der Waals surface area (Å²) in [5.74, 6) is -2.66. The molecule has 13 heteroatoms. The molecule has 2 rings (SSSR count). The van der Waals surface area contributed by atoms with Crippen LogP contribution in [0.4, 0.5) is 19.0 Å². The molecule has 0 saturated heterocycles. The Bertz CT molecular complexity index is 957. The topological polar surface area (TPSA) is 104 Å². The van der Waals surface area contributed by atoms with Gasteiger partial charge in [0.25, 0.3) is 0 Å². The van der Waals surface area contributed by atoms with Crippen LogP contribution in [0.15, 0.2) is 28.0 Å². The fourth-order valence-corrected chi connectivity index (χ4v) is 5.10. The molecule has 202 valence electrons. The number of anilines is 1. The monoisotopic (exact) mass is 569 g/mol. The molecule has 0 fully saturated rings. The number of carbonyl (C=O) groups is 2. The Balaban J connectivity index is 0.000000809. The lowest BCUT2D eigenvalue weighted by Crippen LogP contribution is -2.28. The van der Waals surface area contributed by atoms with E-state index in [-0.39, 0.29) is 0 Å². The van der Waals surface area contributed by atoms with Crippen molar-refractivity contribution in [1.82, 2.24) is 9.97 Å². The summed E-state index contributed by atoms with van der Waals surface area (Å²) in [6, 6.07) is 3.84. The van der Waals surface area contributed by atoms with Gasteiger partial charge in [0.05, 0.1) is 10.7 Å². The number of rotatable bonds is 13. The fourth-order valence-electron chi connectivity index (χ4n) is 2.76. The van der Waals surface area contributed by atoms with Crippen molar-refractivity contribution in [3.8, 4) is 0 Å². The molecule has 36 heavy (non-hydrogen) atoms. The van der Waals surface area contributed by atoms with E-state index in [0.717, 1.165) is 41.8 Å². The Morgan fingerprint density at radius 3 is 2.25 bits per heavy atom. The highest BCUT2D eigenvalue weighted by Crippen LogP contribution is 2.34. The SMILES string of the molecule is CCCCCCCN(CCc1csc(SC(C)(C)C(=O)O)n1)c1ccc(Cl)cn1.O=C(O)C(F)(F)F. The minimum absolute atomic E-state index is 0.638. The van der Waals surface area contributed by atoms with Crippen LogP contribution < -0.4 is 4.90 Å². The Morgan fingerprint density at radius 1 is 1.08 bits per heavy atom. The lowest BCUT2D eigenvalue weighted by atomic mass is 10.1. The third-order valence-electron chi connectivity index (χ3n) is 4.84. The number of pyridine rings is 1. The summed E-state index contributed by atoms with van der Waals surface area (Å²) in [6.45, 7) is 7.40. The summed E-state index contributed by atoms with van der Waals surface area (Å²) in [6.07, 6.45) is 3.55. The molecular formula is C23H31ClF3N3O4S2. The number of aliphatic carboxylic acids is 2. The lowest BCUT2D eigenvalue weighted by Gasteiger charge is -2.23. The number of nitrogens with zero attached hydrogens (tertiary/aromatic N) is 3. The molecule has 7 nitrogen and oxygen atoms in total. The van der Waals surface area contributed by atoms with Crippen molar-refractivity contribution in [2.45, 2.75) is 74.6 Å². The van der Waals surface area contributed by atoms with E-state index in [1.807, 2.05) is 17.5 Å². The molecule has 0 radical (unpaired) electrons. The lowest BCUT2D eigenvalue weighted by molar-refractivity contribution is -0.192. The van der Waals surface area contributed by atoms with Gasteiger partial charge in [-0.1, -0.05) is 56.0 Å². The van der Waals surface area contributed by atoms with Crippen molar-refractivity contribution in [3.63, 3.8) is 0 Å². The van der Waals surface area contributed by atoms with E-state index in [1.165, 1.54) is 48.8 Å². The van der Waals surface area contributed by atoms with Crippen LogP contribution in [0, 0.1) is 0 Å². The second kappa shape index (κ2) is 15.3. The zero-order valence-electron chi connectivity index (χ0n) is 20.3. The number of unbranched alkanes of at least 4 members (excludes halogenated alkanes) is 4. The molecule has 2 aromatic heterocycles. The molecule has 0 spiro atoms. The number of alkyl halides is 3. The second-order valence-electron chi connectivity index (χ2n) is 8.31. The maximum absolute atomic E-state index is 11.3. The van der Waals surface area contributed by atoms with Gasteiger partial charge in [0.15, 0.2) is 4.34 Å². The van der Waals surface area contributed by atoms with E-state index in [2.05, 4.69) is 21.8 Å². The Morgan fingerprint density at radius 2 is 1.72 bits per heavy atom. The average molecular weight is 570 g/mol. The van der Waals surface area contributed by atoms with Crippen molar-refractivity contribution >= 4 is 52.5 Å². The third kappa shape index (κ3) is 12.3. The van der Waals surface area contributed by atoms with E-state index in [0.29, 0.717) is 5.02 Å². The molecule has 0 aliphatic rings. The Hall–Kier alpha value is -2.05. The van der Waals surface area contributed by atoms with Gasteiger partial charge in [-0.3, -0.25) is 4.79 Å². The van der Waals surface area contributed by atoms with Gasteiger partial charge in [-0.05, 0) is 32.4 Å². The van der Waals surface area contributed by atoms with Gasteiger partial charge in [-0.25, -0.2) is 14.8 Å². The Kier molecular flexibility index (Phi) is 13.6. The normalized spacial score (nSPS) is 11.5. The van der Waals surface area contributed by atoms with Crippen LogP contribution >= 0.6 is 34.7 Å². The molecular weight excluding hydrogens is 539 g/mol. The number of carboxylic acid groups (broad SMARTS) is 2. The van der Waals surface area contributed by atoms with E-state index in [1.54, 1.807) is 20.0 Å². The van der Waals surface area contributed by atoms with Gasteiger partial charge in [-0.15, -0.1) is 11.3 Å². The predicted molar refractivity (Wildman–Crippen MR) is 137 cm³/mol. The third-order valence-corrected chi connectivity index (χ3v) is 7.23. The minimum atomic E-state index is -5.08. The first-order valence-electron chi connectivity index (χ1n) is 11.3. The number of thioether (sulfide) groups is 1. The van der Waals surface area contributed by atoms with Crippen LogP contribution in [-0.2, 0) is 16.0 Å². The Labute approximate surface area is 222 Å². The van der Waals surface area contributed by atoms with Crippen molar-refractivity contribution in [3.05, 3.63) is 34.4 Å². The van der Waals surface area contributed by atoms with Gasteiger partial charge in [-0.2, -0.15) is 13.2 Å². The molecule has 0 amide bonds. The van der Waals surface area contributed by atoms with Crippen LogP contribution in [0.2, 0.25) is 5.02 Å². The summed E-state index contributed by atoms with van der Waals surface area (Å²) >= 11 is 8.80. The standard InChI is InChI=1S/C21H30ClN3O2S2.C2HF3O2/c1-4-5-6-7-8-12-25(18-10-9-16(22)14-23-18)13-11-17-15-28-20(24-17)29-21(2,3)19(26)27;3-2(4,5)1(6)7/h9-10,14-15H,4-8,11-13H2,1-3H3,(H,26,27);(H,6,7). The first-order valence-corrected chi connectivity index (χ1v) is 13.4. The van der Waals surface area contributed by atoms with E-state index >= 15 is 0 Å². The number of carboxylic acids is 2. The molecule has 0 atom stereocenters. The van der Waals surface area contributed by atoms with Gasteiger partial charge >= 0.3 is 18.1 Å². The van der Waals surface area contributed by atoms with Gasteiger partial charge in [0.2, 0.25) is 0 Å². The molecule has 2 heterocycles. The van der Waals surface area contributed by atoms with Crippen LogP contribution in [0.25, 0.3) is 0 Å². The largest absolute Gasteiger partial charge is 0.490 e. The number of thiazole rings is 1. The summed E-state index contributed by atoms with van der Waals surface area (Å²) in [4.78, 5) is 31.6. The number of aromatic nitrogens is 2. The van der Waals surface area contributed by atoms with Crippen molar-refractivity contribution in [1.29, 1.82) is 0 Å². The molecule has 0 bridgehead atoms. The minimum Gasteiger partial charge on any atom is -0.480 e. The van der Waals surface area contributed by atoms with E-state index in [9.17, 15) is 23.1 Å². The van der Waals surface area contributed by atoms with Crippen LogP contribution in [0.5, 0.6) is 0 Å². The van der Waals surface area contributed by atoms with Crippen LogP contribution in [0.3, 0.4) is 0 Å². The quantitative estimate of drug-likeness (QED) is 0.200. The molecule has 2 aromatic rings. The summed E-state index contributed by atoms with van der Waals surface area (Å²) < 4.78 is 31.6. The average Bonchev–Trinajstić information content (AvgIpc) is 3.22. The van der Waals surface area contributed by atoms with Gasteiger partial charge < -0.3 is 15.1 Å². The van der Waals surface area contributed by atoms with E-state index < -0.39 is 22.9 Å². The second-order valence-corrected chi connectivity index (χ2v) is 11.5. The molecule has 0 aliphatic heterocycles. The van der Waals surface area contributed by atoms with Crippen LogP contribution in [-0.4, -0.2) is 56.1 Å². The summed E-state index contributed by atoms with van der Waals surface area (Å²) in [7, 11) is 0. The summed E-state index contributed by atoms with van der Waals surface area (Å²) in [5.41, 5.74) is 0.989. The maximum Gasteiger partial charge on any atom is 0.490 e. The number of halogens is 4. The molecule has 0 saturated carbocycles. The first kappa shape index (κ1) is 32.0. The molecule has 0 aromatic carbocycles. The summed E-state index contributed by atoms with van der Waals surface area (Å²) in [5, 5.41) is 19.1. The fraction of sp³-hybridized carbons (Fsp3) is 0.565. The highest BCUT2D eigenvalue weighted by atomic mass is 35.5. The maximum atomic E-state index is 11.3. The smallest absolute Gasteiger partial charge is 0.480 e. The highest BCUT2D eigenvalue weighted by molar-refractivity contribution is 8.03. The molecule has 0 aliphatic carbocycles. The van der Waals surface area contributed by atoms with Crippen molar-refractivity contribution in [2.24, 2.45) is 0 Å². The van der Waals surface area contributed by atoms with Crippen LogP contribution in [0.1, 0.15) is 58.6 Å². The van der Waals surface area contributed by atoms with E-state index in [4.69, 9.17) is 21.5 Å². The zero-order chi connectivity index (χ0) is 27.4. The predicted octanol–water partition coefficient (Wildman–Crippen LogP) is 6.80. The number of hydrogen-bond donors (Lipinski definition) is 2. The van der Waals surface area contributed by atoms with Gasteiger partial charge in [0.1, 0.15) is 10.6 Å². The van der Waals surface area contributed by atoms with Crippen molar-refractivity contribution < 1.29 is 33.0 Å². The zero-order valence-corrected chi connectivity index (χ0v) is 22.7. The number of hydrogen-bond acceptors (Lipinski definition) is 7. The first-order chi connectivity index (χ1) is 16.8. The highest BCUT2D eigenvalue weighted by Gasteiger charge is 2.38.